The maximum Gasteiger partial charge on any atom is 0.253 e. The van der Waals surface area contributed by atoms with Crippen LogP contribution in [0.3, 0.4) is 0 Å². The van der Waals surface area contributed by atoms with E-state index in [4.69, 9.17) is 0 Å². The van der Waals surface area contributed by atoms with Gasteiger partial charge < -0.3 is 10.4 Å². The first-order valence-electron chi connectivity index (χ1n) is 7.13. The van der Waals surface area contributed by atoms with E-state index >= 15 is 0 Å². The van der Waals surface area contributed by atoms with Crippen molar-refractivity contribution in [2.75, 3.05) is 0 Å². The summed E-state index contributed by atoms with van der Waals surface area (Å²) in [5, 5.41) is 13.1. The van der Waals surface area contributed by atoms with Gasteiger partial charge in [0.05, 0.1) is 0 Å². The van der Waals surface area contributed by atoms with Gasteiger partial charge in [-0.2, -0.15) is 0 Å². The summed E-state index contributed by atoms with van der Waals surface area (Å²) in [6.45, 7) is 4.01. The number of aliphatic hydroxyl groups excluding tert-OH is 1. The quantitative estimate of drug-likeness (QED) is 0.879. The van der Waals surface area contributed by atoms with Crippen molar-refractivity contribution in [1.29, 1.82) is 0 Å². The molecule has 1 atom stereocenters. The molecule has 1 aromatic rings. The van der Waals surface area contributed by atoms with Crippen molar-refractivity contribution < 1.29 is 9.90 Å². The standard InChI is InChI=1S/C16H23NO2/c1-11-8-9-13(10-12(11)2)15(18)16(19)17-14-6-4-3-5-7-14/h8-10,14-15,18H,3-7H2,1-2H3,(H,17,19). The van der Waals surface area contributed by atoms with Crippen LogP contribution in [0.25, 0.3) is 0 Å². The third-order valence-corrected chi connectivity index (χ3v) is 4.05. The predicted molar refractivity (Wildman–Crippen MR) is 75.9 cm³/mol. The lowest BCUT2D eigenvalue weighted by Gasteiger charge is -2.24. The molecule has 0 aliphatic heterocycles. The molecule has 104 valence electrons. The maximum atomic E-state index is 12.0. The van der Waals surface area contributed by atoms with E-state index in [2.05, 4.69) is 5.32 Å². The normalized spacial score (nSPS) is 18.1. The highest BCUT2D eigenvalue weighted by Gasteiger charge is 2.22. The van der Waals surface area contributed by atoms with Crippen LogP contribution in [0.5, 0.6) is 0 Å². The van der Waals surface area contributed by atoms with Crippen LogP contribution in [-0.4, -0.2) is 17.1 Å². The molecule has 1 fully saturated rings. The van der Waals surface area contributed by atoms with Gasteiger partial charge in [-0.05, 0) is 43.4 Å². The molecule has 1 aliphatic rings. The highest BCUT2D eigenvalue weighted by molar-refractivity contribution is 5.82. The van der Waals surface area contributed by atoms with Gasteiger partial charge in [0, 0.05) is 6.04 Å². The number of aliphatic hydroxyl groups is 1. The van der Waals surface area contributed by atoms with Gasteiger partial charge in [0.15, 0.2) is 6.10 Å². The molecule has 1 aliphatic carbocycles. The average molecular weight is 261 g/mol. The van der Waals surface area contributed by atoms with E-state index in [0.29, 0.717) is 5.56 Å². The minimum absolute atomic E-state index is 0.238. The highest BCUT2D eigenvalue weighted by atomic mass is 16.3. The van der Waals surface area contributed by atoms with Gasteiger partial charge in [0.2, 0.25) is 0 Å². The second-order valence-corrected chi connectivity index (χ2v) is 5.59. The number of nitrogens with one attached hydrogen (secondary N) is 1. The summed E-state index contributed by atoms with van der Waals surface area (Å²) in [5.41, 5.74) is 2.95. The lowest BCUT2D eigenvalue weighted by atomic mass is 9.95. The number of aryl methyl sites for hydroxylation is 2. The molecule has 1 aromatic carbocycles. The van der Waals surface area contributed by atoms with Crippen molar-refractivity contribution in [3.8, 4) is 0 Å². The summed E-state index contributed by atoms with van der Waals surface area (Å²) < 4.78 is 0. The Bertz CT molecular complexity index is 450. The topological polar surface area (TPSA) is 49.3 Å². The SMILES string of the molecule is Cc1ccc(C(O)C(=O)NC2CCCCC2)cc1C. The number of carbonyl (C=O) groups is 1. The Kier molecular flexibility index (Phi) is 4.59. The van der Waals surface area contributed by atoms with E-state index in [-0.39, 0.29) is 11.9 Å². The summed E-state index contributed by atoms with van der Waals surface area (Å²) in [7, 11) is 0. The van der Waals surface area contributed by atoms with E-state index in [1.807, 2.05) is 32.0 Å². The zero-order valence-electron chi connectivity index (χ0n) is 11.8. The van der Waals surface area contributed by atoms with Crippen LogP contribution in [0.2, 0.25) is 0 Å². The molecule has 0 spiro atoms. The molecule has 1 saturated carbocycles. The minimum atomic E-state index is -1.05. The molecule has 0 bridgehead atoms. The molecule has 0 saturated heterocycles. The smallest absolute Gasteiger partial charge is 0.253 e. The number of benzene rings is 1. The summed E-state index contributed by atoms with van der Waals surface area (Å²) in [6.07, 6.45) is 4.61. The molecule has 2 N–H and O–H groups in total. The average Bonchev–Trinajstić information content (AvgIpc) is 2.42. The van der Waals surface area contributed by atoms with Gasteiger partial charge in [-0.3, -0.25) is 4.79 Å². The van der Waals surface area contributed by atoms with Crippen molar-refractivity contribution in [2.45, 2.75) is 58.1 Å². The van der Waals surface area contributed by atoms with Crippen LogP contribution in [-0.2, 0) is 4.79 Å². The van der Waals surface area contributed by atoms with Crippen molar-refractivity contribution in [3.63, 3.8) is 0 Å². The van der Waals surface area contributed by atoms with Gasteiger partial charge in [-0.15, -0.1) is 0 Å². The molecule has 0 aromatic heterocycles. The lowest BCUT2D eigenvalue weighted by Crippen LogP contribution is -2.39. The fraction of sp³-hybridized carbons (Fsp3) is 0.562. The minimum Gasteiger partial charge on any atom is -0.378 e. The van der Waals surface area contributed by atoms with Crippen LogP contribution in [0.4, 0.5) is 0 Å². The molecule has 1 unspecified atom stereocenters. The van der Waals surface area contributed by atoms with Crippen LogP contribution in [0, 0.1) is 13.8 Å². The van der Waals surface area contributed by atoms with E-state index in [0.717, 1.165) is 18.4 Å². The highest BCUT2D eigenvalue weighted by Crippen LogP contribution is 2.20. The largest absolute Gasteiger partial charge is 0.378 e. The molecule has 0 radical (unpaired) electrons. The van der Waals surface area contributed by atoms with Crippen molar-refractivity contribution in [1.82, 2.24) is 5.32 Å². The van der Waals surface area contributed by atoms with Crippen LogP contribution < -0.4 is 5.32 Å². The van der Waals surface area contributed by atoms with Crippen molar-refractivity contribution in [2.24, 2.45) is 0 Å². The fourth-order valence-corrected chi connectivity index (χ4v) is 2.61. The molecule has 1 amide bonds. The summed E-state index contributed by atoms with van der Waals surface area (Å²) >= 11 is 0. The summed E-state index contributed by atoms with van der Waals surface area (Å²) in [4.78, 5) is 12.0. The molecule has 2 rings (SSSR count). The van der Waals surface area contributed by atoms with Gasteiger partial charge in [0.1, 0.15) is 0 Å². The third-order valence-electron chi connectivity index (χ3n) is 4.05. The van der Waals surface area contributed by atoms with Crippen molar-refractivity contribution >= 4 is 5.91 Å². The van der Waals surface area contributed by atoms with E-state index in [1.54, 1.807) is 0 Å². The number of hydrogen-bond acceptors (Lipinski definition) is 2. The Balaban J connectivity index is 1.99. The maximum absolute atomic E-state index is 12.0. The fourth-order valence-electron chi connectivity index (χ4n) is 2.61. The zero-order valence-corrected chi connectivity index (χ0v) is 11.8. The van der Waals surface area contributed by atoms with E-state index in [9.17, 15) is 9.90 Å². The number of rotatable bonds is 3. The summed E-state index contributed by atoms with van der Waals surface area (Å²) in [6, 6.07) is 5.90. The van der Waals surface area contributed by atoms with Gasteiger partial charge >= 0.3 is 0 Å². The van der Waals surface area contributed by atoms with Crippen LogP contribution >= 0.6 is 0 Å². The van der Waals surface area contributed by atoms with E-state index in [1.165, 1.54) is 24.8 Å². The first-order valence-corrected chi connectivity index (χ1v) is 7.13. The number of carbonyl (C=O) groups excluding carboxylic acids is 1. The molecule has 0 heterocycles. The zero-order chi connectivity index (χ0) is 13.8. The molecule has 3 heteroatoms. The Labute approximate surface area is 115 Å². The van der Waals surface area contributed by atoms with Crippen molar-refractivity contribution in [3.05, 3.63) is 34.9 Å². The van der Waals surface area contributed by atoms with Gasteiger partial charge in [0.25, 0.3) is 5.91 Å². The Morgan fingerprint density at radius 1 is 1.21 bits per heavy atom. The number of hydrogen-bond donors (Lipinski definition) is 2. The lowest BCUT2D eigenvalue weighted by molar-refractivity contribution is -0.130. The molecule has 19 heavy (non-hydrogen) atoms. The second kappa shape index (κ2) is 6.20. The predicted octanol–water partition coefficient (Wildman–Crippen LogP) is 2.79. The summed E-state index contributed by atoms with van der Waals surface area (Å²) in [5.74, 6) is -0.268. The third kappa shape index (κ3) is 3.57. The first kappa shape index (κ1) is 14.1. The molecular formula is C16H23NO2. The van der Waals surface area contributed by atoms with Gasteiger partial charge in [-0.1, -0.05) is 37.5 Å². The second-order valence-electron chi connectivity index (χ2n) is 5.59. The molecule has 3 nitrogen and oxygen atoms in total. The Morgan fingerprint density at radius 3 is 2.53 bits per heavy atom. The van der Waals surface area contributed by atoms with Crippen LogP contribution in [0.1, 0.15) is 54.9 Å². The Morgan fingerprint density at radius 2 is 1.89 bits per heavy atom. The number of amides is 1. The first-order chi connectivity index (χ1) is 9.08. The monoisotopic (exact) mass is 261 g/mol. The van der Waals surface area contributed by atoms with Crippen LogP contribution in [0.15, 0.2) is 18.2 Å². The van der Waals surface area contributed by atoms with Gasteiger partial charge in [-0.25, -0.2) is 0 Å². The molecular weight excluding hydrogens is 238 g/mol. The van der Waals surface area contributed by atoms with E-state index < -0.39 is 6.10 Å². The Hall–Kier alpha value is -1.35.